The van der Waals surface area contributed by atoms with Crippen LogP contribution in [0.5, 0.6) is 0 Å². The number of aliphatic hydroxyl groups is 1. The Morgan fingerprint density at radius 2 is 2.00 bits per heavy atom. The fourth-order valence-corrected chi connectivity index (χ4v) is 2.67. The number of aliphatic hydroxyl groups excluding tert-OH is 1. The summed E-state index contributed by atoms with van der Waals surface area (Å²) in [6.07, 6.45) is 4.36. The molecule has 2 rings (SSSR count). The lowest BCUT2D eigenvalue weighted by Gasteiger charge is -2.21. The molecule has 1 saturated heterocycles. The average molecular weight is 262 g/mol. The van der Waals surface area contributed by atoms with Crippen LogP contribution in [-0.2, 0) is 6.54 Å². The molecule has 0 amide bonds. The van der Waals surface area contributed by atoms with Gasteiger partial charge >= 0.3 is 0 Å². The van der Waals surface area contributed by atoms with E-state index in [4.69, 9.17) is 0 Å². The second-order valence-corrected chi connectivity index (χ2v) is 5.49. The summed E-state index contributed by atoms with van der Waals surface area (Å²) in [7, 11) is 0. The second-order valence-electron chi connectivity index (χ2n) is 5.49. The van der Waals surface area contributed by atoms with Crippen molar-refractivity contribution in [2.75, 3.05) is 24.5 Å². The van der Waals surface area contributed by atoms with Crippen LogP contribution in [0.4, 0.5) is 5.69 Å². The zero-order valence-corrected chi connectivity index (χ0v) is 11.9. The molecule has 1 aromatic rings. The monoisotopic (exact) mass is 262 g/mol. The second kappa shape index (κ2) is 7.51. The predicted molar refractivity (Wildman–Crippen MR) is 80.5 cm³/mol. The standard InChI is InChI=1S/C16H26N2O/c1-14(19)7-6-10-17-13-15-8-2-3-9-16(15)18-11-4-5-12-18/h2-3,8-9,14,17,19H,4-7,10-13H2,1H3. The highest BCUT2D eigenvalue weighted by Gasteiger charge is 2.14. The van der Waals surface area contributed by atoms with Crippen LogP contribution in [0.2, 0.25) is 0 Å². The summed E-state index contributed by atoms with van der Waals surface area (Å²) in [5, 5.41) is 12.7. The largest absolute Gasteiger partial charge is 0.393 e. The molecule has 1 unspecified atom stereocenters. The van der Waals surface area contributed by atoms with Gasteiger partial charge < -0.3 is 15.3 Å². The van der Waals surface area contributed by atoms with Crippen LogP contribution in [-0.4, -0.2) is 30.8 Å². The molecule has 3 nitrogen and oxygen atoms in total. The molecular formula is C16H26N2O. The maximum Gasteiger partial charge on any atom is 0.0512 e. The van der Waals surface area contributed by atoms with Gasteiger partial charge in [0.25, 0.3) is 0 Å². The third-order valence-corrected chi connectivity index (χ3v) is 3.73. The third kappa shape index (κ3) is 4.51. The number of benzene rings is 1. The van der Waals surface area contributed by atoms with E-state index in [-0.39, 0.29) is 6.10 Å². The van der Waals surface area contributed by atoms with E-state index in [2.05, 4.69) is 34.5 Å². The van der Waals surface area contributed by atoms with Gasteiger partial charge in [0.05, 0.1) is 6.10 Å². The Balaban J connectivity index is 1.82. The first-order chi connectivity index (χ1) is 9.27. The van der Waals surface area contributed by atoms with Gasteiger partial charge in [-0.05, 0) is 50.8 Å². The minimum Gasteiger partial charge on any atom is -0.393 e. The van der Waals surface area contributed by atoms with Gasteiger partial charge in [-0.2, -0.15) is 0 Å². The Labute approximate surface area is 116 Å². The first-order valence-electron chi connectivity index (χ1n) is 7.49. The van der Waals surface area contributed by atoms with E-state index in [1.165, 1.54) is 37.2 Å². The zero-order chi connectivity index (χ0) is 13.5. The molecule has 1 atom stereocenters. The highest BCUT2D eigenvalue weighted by Crippen LogP contribution is 2.24. The molecule has 19 heavy (non-hydrogen) atoms. The van der Waals surface area contributed by atoms with E-state index in [1.807, 2.05) is 6.92 Å². The van der Waals surface area contributed by atoms with Crippen molar-refractivity contribution in [3.05, 3.63) is 29.8 Å². The Hall–Kier alpha value is -1.06. The van der Waals surface area contributed by atoms with E-state index in [9.17, 15) is 5.11 Å². The van der Waals surface area contributed by atoms with Crippen molar-refractivity contribution < 1.29 is 5.11 Å². The van der Waals surface area contributed by atoms with Crippen molar-refractivity contribution in [1.29, 1.82) is 0 Å². The van der Waals surface area contributed by atoms with Crippen molar-refractivity contribution >= 4 is 5.69 Å². The normalized spacial score (nSPS) is 16.8. The lowest BCUT2D eigenvalue weighted by Crippen LogP contribution is -2.22. The topological polar surface area (TPSA) is 35.5 Å². The van der Waals surface area contributed by atoms with Gasteiger partial charge in [0.1, 0.15) is 0 Å². The van der Waals surface area contributed by atoms with Crippen molar-refractivity contribution in [3.63, 3.8) is 0 Å². The highest BCUT2D eigenvalue weighted by atomic mass is 16.3. The molecule has 0 spiro atoms. The van der Waals surface area contributed by atoms with Crippen molar-refractivity contribution in [2.45, 2.75) is 45.3 Å². The van der Waals surface area contributed by atoms with Gasteiger partial charge in [0, 0.05) is 25.3 Å². The fourth-order valence-electron chi connectivity index (χ4n) is 2.67. The SMILES string of the molecule is CC(O)CCCNCc1ccccc1N1CCCC1. The van der Waals surface area contributed by atoms with Gasteiger partial charge in [-0.1, -0.05) is 18.2 Å². The fraction of sp³-hybridized carbons (Fsp3) is 0.625. The summed E-state index contributed by atoms with van der Waals surface area (Å²) in [6, 6.07) is 8.70. The van der Waals surface area contributed by atoms with Gasteiger partial charge in [-0.3, -0.25) is 0 Å². The molecule has 0 saturated carbocycles. The number of anilines is 1. The van der Waals surface area contributed by atoms with E-state index < -0.39 is 0 Å². The van der Waals surface area contributed by atoms with Gasteiger partial charge in [-0.15, -0.1) is 0 Å². The maximum atomic E-state index is 9.22. The summed E-state index contributed by atoms with van der Waals surface area (Å²) in [6.45, 7) is 6.13. The average Bonchev–Trinajstić information content (AvgIpc) is 2.92. The maximum absolute atomic E-state index is 9.22. The smallest absolute Gasteiger partial charge is 0.0512 e. The molecule has 1 fully saturated rings. The third-order valence-electron chi connectivity index (χ3n) is 3.73. The Bertz CT molecular complexity index is 373. The van der Waals surface area contributed by atoms with Crippen molar-refractivity contribution in [1.82, 2.24) is 5.32 Å². The number of para-hydroxylation sites is 1. The number of hydrogen-bond donors (Lipinski definition) is 2. The summed E-state index contributed by atoms with van der Waals surface area (Å²) in [5.41, 5.74) is 2.78. The van der Waals surface area contributed by atoms with E-state index in [1.54, 1.807) is 0 Å². The lowest BCUT2D eigenvalue weighted by atomic mass is 10.1. The minimum absolute atomic E-state index is 0.182. The van der Waals surface area contributed by atoms with E-state index >= 15 is 0 Å². The molecule has 0 aliphatic carbocycles. The van der Waals surface area contributed by atoms with Crippen molar-refractivity contribution in [3.8, 4) is 0 Å². The van der Waals surface area contributed by atoms with Crippen LogP contribution < -0.4 is 10.2 Å². The van der Waals surface area contributed by atoms with Crippen molar-refractivity contribution in [2.24, 2.45) is 0 Å². The number of hydrogen-bond acceptors (Lipinski definition) is 3. The summed E-state index contributed by atoms with van der Waals surface area (Å²) < 4.78 is 0. The summed E-state index contributed by atoms with van der Waals surface area (Å²) in [4.78, 5) is 2.49. The lowest BCUT2D eigenvalue weighted by molar-refractivity contribution is 0.181. The van der Waals surface area contributed by atoms with Gasteiger partial charge in [-0.25, -0.2) is 0 Å². The molecule has 0 bridgehead atoms. The minimum atomic E-state index is -0.182. The number of nitrogens with zero attached hydrogens (tertiary/aromatic N) is 1. The molecule has 2 N–H and O–H groups in total. The number of nitrogens with one attached hydrogen (secondary N) is 1. The predicted octanol–water partition coefficient (Wildman–Crippen LogP) is 2.54. The van der Waals surface area contributed by atoms with Crippen LogP contribution in [0.3, 0.4) is 0 Å². The van der Waals surface area contributed by atoms with Crippen LogP contribution in [0.25, 0.3) is 0 Å². The number of rotatable bonds is 7. The summed E-state index contributed by atoms with van der Waals surface area (Å²) >= 11 is 0. The van der Waals surface area contributed by atoms with Gasteiger partial charge in [0.2, 0.25) is 0 Å². The van der Waals surface area contributed by atoms with Crippen LogP contribution in [0.1, 0.15) is 38.2 Å². The molecule has 0 radical (unpaired) electrons. The quantitative estimate of drug-likeness (QED) is 0.741. The van der Waals surface area contributed by atoms with Gasteiger partial charge in [0.15, 0.2) is 0 Å². The molecule has 0 aromatic heterocycles. The first-order valence-corrected chi connectivity index (χ1v) is 7.49. The molecule has 1 aliphatic rings. The Kier molecular flexibility index (Phi) is 5.67. The van der Waals surface area contributed by atoms with Crippen LogP contribution in [0, 0.1) is 0 Å². The molecular weight excluding hydrogens is 236 g/mol. The van der Waals surface area contributed by atoms with E-state index in [0.29, 0.717) is 0 Å². The van der Waals surface area contributed by atoms with Crippen LogP contribution in [0.15, 0.2) is 24.3 Å². The van der Waals surface area contributed by atoms with E-state index in [0.717, 1.165) is 25.9 Å². The molecule has 1 aromatic carbocycles. The summed E-state index contributed by atoms with van der Waals surface area (Å²) in [5.74, 6) is 0. The first kappa shape index (κ1) is 14.4. The Morgan fingerprint density at radius 3 is 2.74 bits per heavy atom. The molecule has 106 valence electrons. The Morgan fingerprint density at radius 1 is 1.26 bits per heavy atom. The molecule has 1 heterocycles. The van der Waals surface area contributed by atoms with Crippen LogP contribution >= 0.6 is 0 Å². The highest BCUT2D eigenvalue weighted by molar-refractivity contribution is 5.54. The molecule has 3 heteroatoms. The molecule has 1 aliphatic heterocycles. The zero-order valence-electron chi connectivity index (χ0n) is 11.9.